The highest BCUT2D eigenvalue weighted by Crippen LogP contribution is 2.37. The number of nitrogens with zero attached hydrogens (tertiary/aromatic N) is 3. The van der Waals surface area contributed by atoms with Gasteiger partial charge >= 0.3 is 5.97 Å². The Hall–Kier alpha value is -1.63. The zero-order valence-corrected chi connectivity index (χ0v) is 26.7. The summed E-state index contributed by atoms with van der Waals surface area (Å²) in [4.78, 5) is 45.2. The van der Waals surface area contributed by atoms with Crippen LogP contribution in [-0.2, 0) is 33.3 Å². The van der Waals surface area contributed by atoms with E-state index in [0.29, 0.717) is 38.9 Å². The molecule has 3 rings (SSSR count). The lowest BCUT2D eigenvalue weighted by molar-refractivity contribution is -0.295. The highest BCUT2D eigenvalue weighted by Gasteiger charge is 2.50. The predicted molar refractivity (Wildman–Crippen MR) is 153 cm³/mol. The van der Waals surface area contributed by atoms with Gasteiger partial charge in [-0.1, -0.05) is 13.8 Å². The van der Waals surface area contributed by atoms with Crippen molar-refractivity contribution in [2.24, 2.45) is 17.8 Å². The van der Waals surface area contributed by atoms with E-state index in [4.69, 9.17) is 18.9 Å². The first kappa shape index (κ1) is 33.9. The van der Waals surface area contributed by atoms with E-state index < -0.39 is 47.4 Å². The van der Waals surface area contributed by atoms with Crippen LogP contribution in [0.15, 0.2) is 0 Å². The Morgan fingerprint density at radius 3 is 2.39 bits per heavy atom. The van der Waals surface area contributed by atoms with Crippen LogP contribution in [0.4, 0.5) is 0 Å². The second kappa shape index (κ2) is 13.3. The molecule has 10 atom stereocenters. The molecule has 0 radical (unpaired) electrons. The van der Waals surface area contributed by atoms with Crippen molar-refractivity contribution >= 4 is 17.7 Å². The van der Waals surface area contributed by atoms with Gasteiger partial charge in [0.05, 0.1) is 23.3 Å². The molecule has 1 unspecified atom stereocenters. The second-order valence-corrected chi connectivity index (χ2v) is 13.3. The minimum Gasteiger partial charge on any atom is -0.463 e. The van der Waals surface area contributed by atoms with Crippen LogP contribution in [0.5, 0.6) is 0 Å². The quantitative estimate of drug-likeness (QED) is 0.386. The number of aliphatic hydroxyl groups is 1. The molecule has 3 aliphatic rings. The molecule has 3 saturated heterocycles. The fraction of sp³-hybridized carbons (Fsp3) is 0.900. The highest BCUT2D eigenvalue weighted by molar-refractivity contribution is 6.00. The van der Waals surface area contributed by atoms with Crippen molar-refractivity contribution in [3.63, 3.8) is 0 Å². The van der Waals surface area contributed by atoms with Gasteiger partial charge in [-0.05, 0) is 67.1 Å². The zero-order valence-electron chi connectivity index (χ0n) is 26.7. The Labute approximate surface area is 245 Å². The van der Waals surface area contributed by atoms with Crippen molar-refractivity contribution in [1.29, 1.82) is 0 Å². The first-order valence-electron chi connectivity index (χ1n) is 14.9. The van der Waals surface area contributed by atoms with Crippen LogP contribution in [0.2, 0.25) is 0 Å². The Balaban J connectivity index is 1.98. The van der Waals surface area contributed by atoms with Crippen LogP contribution >= 0.6 is 0 Å². The third-order valence-electron chi connectivity index (χ3n) is 9.72. The summed E-state index contributed by atoms with van der Waals surface area (Å²) in [6.07, 6.45) is -1.04. The molecule has 0 saturated carbocycles. The largest absolute Gasteiger partial charge is 0.463 e. The van der Waals surface area contributed by atoms with Gasteiger partial charge in [0.15, 0.2) is 12.1 Å². The number of Topliss-reactive ketones (excluding diaryl/α,β-unsaturated/α-hetero) is 1. The molecule has 0 bridgehead atoms. The maximum absolute atomic E-state index is 13.8. The molecule has 3 aliphatic heterocycles. The molecular formula is C30H53N3O8. The number of likely N-dealkylation sites (tertiary alicyclic amines) is 1. The number of ether oxygens (including phenoxy) is 4. The van der Waals surface area contributed by atoms with Gasteiger partial charge in [-0.25, -0.2) is 0 Å². The number of rotatable bonds is 4. The van der Waals surface area contributed by atoms with Crippen molar-refractivity contribution in [3.05, 3.63) is 0 Å². The third-order valence-corrected chi connectivity index (χ3v) is 9.72. The lowest BCUT2D eigenvalue weighted by atomic mass is 9.78. The van der Waals surface area contributed by atoms with E-state index in [1.165, 1.54) is 0 Å². The van der Waals surface area contributed by atoms with E-state index >= 15 is 0 Å². The summed E-state index contributed by atoms with van der Waals surface area (Å²) in [6, 6.07) is -0.183. The van der Waals surface area contributed by atoms with Crippen LogP contribution in [0.1, 0.15) is 60.8 Å². The van der Waals surface area contributed by atoms with Crippen molar-refractivity contribution < 1.29 is 38.4 Å². The van der Waals surface area contributed by atoms with Crippen molar-refractivity contribution in [1.82, 2.24) is 14.7 Å². The van der Waals surface area contributed by atoms with E-state index in [1.54, 1.807) is 32.8 Å². The first-order chi connectivity index (χ1) is 19.0. The maximum atomic E-state index is 13.8. The van der Waals surface area contributed by atoms with Crippen LogP contribution in [0, 0.1) is 17.8 Å². The molecule has 236 valence electrons. The van der Waals surface area contributed by atoms with Gasteiger partial charge in [-0.3, -0.25) is 19.3 Å². The van der Waals surface area contributed by atoms with E-state index in [0.717, 1.165) is 0 Å². The fourth-order valence-corrected chi connectivity index (χ4v) is 6.98. The molecule has 0 aromatic carbocycles. The number of hydrogen-bond donors (Lipinski definition) is 1. The molecule has 0 aromatic heterocycles. The average Bonchev–Trinajstić information content (AvgIpc) is 3.36. The van der Waals surface area contributed by atoms with Crippen molar-refractivity contribution in [2.75, 3.05) is 54.5 Å². The molecule has 0 aromatic rings. The van der Waals surface area contributed by atoms with Gasteiger partial charge in [0.1, 0.15) is 18.6 Å². The van der Waals surface area contributed by atoms with Crippen LogP contribution in [-0.4, -0.2) is 134 Å². The van der Waals surface area contributed by atoms with Crippen LogP contribution in [0.25, 0.3) is 0 Å². The summed E-state index contributed by atoms with van der Waals surface area (Å²) in [5.74, 6) is -2.64. The lowest BCUT2D eigenvalue weighted by Crippen LogP contribution is -2.59. The first-order valence-corrected chi connectivity index (χ1v) is 14.9. The number of esters is 1. The van der Waals surface area contributed by atoms with E-state index in [1.807, 2.05) is 39.9 Å². The number of carbonyl (C=O) groups excluding carboxylic acids is 3. The minimum atomic E-state index is -1.03. The summed E-state index contributed by atoms with van der Waals surface area (Å²) < 4.78 is 24.6. The van der Waals surface area contributed by atoms with Crippen LogP contribution < -0.4 is 0 Å². The number of carbonyl (C=O) groups is 3. The van der Waals surface area contributed by atoms with Crippen LogP contribution in [0.3, 0.4) is 0 Å². The summed E-state index contributed by atoms with van der Waals surface area (Å²) in [6.45, 7) is 12.6. The molecule has 3 heterocycles. The molecule has 11 nitrogen and oxygen atoms in total. The van der Waals surface area contributed by atoms with Gasteiger partial charge in [-0.15, -0.1) is 0 Å². The molecule has 1 spiro atoms. The van der Waals surface area contributed by atoms with Gasteiger partial charge in [0.2, 0.25) is 5.91 Å². The number of likely N-dealkylation sites (N-methyl/N-ethyl adjacent to an activating group) is 2. The van der Waals surface area contributed by atoms with Gasteiger partial charge in [-0.2, -0.15) is 0 Å². The van der Waals surface area contributed by atoms with Gasteiger partial charge < -0.3 is 33.9 Å². The molecule has 1 amide bonds. The molecule has 3 fully saturated rings. The Morgan fingerprint density at radius 1 is 1.17 bits per heavy atom. The Morgan fingerprint density at radius 2 is 1.83 bits per heavy atom. The van der Waals surface area contributed by atoms with Gasteiger partial charge in [0.25, 0.3) is 0 Å². The Bertz CT molecular complexity index is 949. The van der Waals surface area contributed by atoms with Crippen molar-refractivity contribution in [2.45, 2.75) is 103 Å². The molecule has 41 heavy (non-hydrogen) atoms. The van der Waals surface area contributed by atoms with E-state index in [2.05, 4.69) is 11.8 Å². The van der Waals surface area contributed by atoms with E-state index in [9.17, 15) is 19.5 Å². The SMILES string of the molecule is CO[C@]1(C)C[C@@H](C)CN(C)C2(CCN(C(C)=O)C2)COC(=O)[C@H](C)C(=O)[C@H](C)[C@H]1O[C@@H]1O[C@H](C)C[C@H](N(C)C)[C@H]1O. The lowest BCUT2D eigenvalue weighted by Gasteiger charge is -2.47. The number of hydrogen-bond acceptors (Lipinski definition) is 10. The minimum absolute atomic E-state index is 0.0140. The summed E-state index contributed by atoms with van der Waals surface area (Å²) >= 11 is 0. The number of methoxy groups -OCH3 is 1. The maximum Gasteiger partial charge on any atom is 0.316 e. The Kier molecular flexibility index (Phi) is 11.0. The zero-order chi connectivity index (χ0) is 30.9. The normalized spacial score (nSPS) is 42.1. The molecule has 0 aliphatic carbocycles. The second-order valence-electron chi connectivity index (χ2n) is 13.3. The molecule has 11 heteroatoms. The highest BCUT2D eigenvalue weighted by atomic mass is 16.7. The summed E-state index contributed by atoms with van der Waals surface area (Å²) in [5, 5.41) is 11.2. The predicted octanol–water partition coefficient (Wildman–Crippen LogP) is 1.55. The fourth-order valence-electron chi connectivity index (χ4n) is 6.98. The molecule has 1 N–H and O–H groups in total. The summed E-state index contributed by atoms with van der Waals surface area (Å²) in [7, 11) is 7.42. The van der Waals surface area contributed by atoms with E-state index in [-0.39, 0.29) is 36.4 Å². The average molecular weight is 584 g/mol. The standard InChI is InChI=1S/C30H53N3O8/c1-18-14-29(6,38-10)26(41-28-25(36)23(31(7)8)13-19(2)40-28)20(3)24(35)21(4)27(37)39-17-30(32(9)15-18)11-12-33(16-30)22(5)34/h18-21,23,25-26,28,36H,11-17H2,1-10H3/t18-,19-,20+,21-,23+,25-,26-,28+,29-,30?/m1/s1. The number of ketones is 1. The molecular weight excluding hydrogens is 530 g/mol. The van der Waals surface area contributed by atoms with Crippen molar-refractivity contribution in [3.8, 4) is 0 Å². The number of amides is 1. The third kappa shape index (κ3) is 7.30. The monoisotopic (exact) mass is 583 g/mol. The number of aliphatic hydroxyl groups excluding tert-OH is 1. The topological polar surface area (TPSA) is 118 Å². The number of cyclic esters (lactones) is 1. The smallest absolute Gasteiger partial charge is 0.316 e. The summed E-state index contributed by atoms with van der Waals surface area (Å²) in [5.41, 5.74) is -1.49. The van der Waals surface area contributed by atoms with Gasteiger partial charge in [0, 0.05) is 45.6 Å².